The zero-order valence-corrected chi connectivity index (χ0v) is 17.8. The highest BCUT2D eigenvalue weighted by atomic mass is 35.5. The van der Waals surface area contributed by atoms with Gasteiger partial charge in [0.05, 0.1) is 0 Å². The van der Waals surface area contributed by atoms with E-state index in [1.807, 2.05) is 30.0 Å². The Labute approximate surface area is 173 Å². The summed E-state index contributed by atoms with van der Waals surface area (Å²) in [6, 6.07) is 9.67. The van der Waals surface area contributed by atoms with E-state index >= 15 is 0 Å². The van der Waals surface area contributed by atoms with E-state index in [-0.39, 0.29) is 18.3 Å². The number of halogens is 1. The number of likely N-dealkylation sites (tertiary alicyclic amines) is 1. The van der Waals surface area contributed by atoms with Crippen LogP contribution in [0.3, 0.4) is 0 Å². The van der Waals surface area contributed by atoms with Crippen LogP contribution in [0, 0.1) is 19.8 Å². The molecule has 1 aliphatic rings. The lowest BCUT2D eigenvalue weighted by molar-refractivity contribution is 0.0654. The number of carbonyl (C=O) groups excluding carboxylic acids is 1. The van der Waals surface area contributed by atoms with Crippen LogP contribution in [0.25, 0.3) is 0 Å². The third kappa shape index (κ3) is 5.76. The summed E-state index contributed by atoms with van der Waals surface area (Å²) in [7, 11) is 0. The van der Waals surface area contributed by atoms with Crippen molar-refractivity contribution in [1.82, 2.24) is 10.2 Å². The Hall–Kier alpha value is -1.98. The highest BCUT2D eigenvalue weighted by Gasteiger charge is 2.25. The first-order chi connectivity index (χ1) is 13.1. The summed E-state index contributed by atoms with van der Waals surface area (Å²) in [6.45, 7) is 10.2. The smallest absolute Gasteiger partial charge is 0.289 e. The molecule has 0 unspecified atom stereocenters. The third-order valence-corrected chi connectivity index (χ3v) is 5.16. The van der Waals surface area contributed by atoms with Gasteiger partial charge in [-0.25, -0.2) is 0 Å². The van der Waals surface area contributed by atoms with Crippen molar-refractivity contribution in [2.75, 3.05) is 26.2 Å². The summed E-state index contributed by atoms with van der Waals surface area (Å²) in [6.07, 6.45) is 2.09. The van der Waals surface area contributed by atoms with E-state index in [0.29, 0.717) is 24.0 Å². The average Bonchev–Trinajstić information content (AvgIpc) is 3.14. The van der Waals surface area contributed by atoms with Gasteiger partial charge in [-0.3, -0.25) is 4.79 Å². The average molecular weight is 407 g/mol. The molecule has 0 bridgehead atoms. The van der Waals surface area contributed by atoms with Gasteiger partial charge >= 0.3 is 0 Å². The van der Waals surface area contributed by atoms with Crippen molar-refractivity contribution in [3.8, 4) is 5.75 Å². The van der Waals surface area contributed by atoms with Crippen LogP contribution in [0.2, 0.25) is 0 Å². The maximum atomic E-state index is 12.7. The van der Waals surface area contributed by atoms with E-state index in [1.54, 1.807) is 6.07 Å². The molecule has 1 saturated heterocycles. The van der Waals surface area contributed by atoms with E-state index in [2.05, 4.69) is 25.2 Å². The SMILES string of the molecule is CCNCC1CCN(C(=O)c2ccc(COc3ccc(C)cc3C)o2)CC1.Cl. The number of hydrogen-bond donors (Lipinski definition) is 1. The predicted molar refractivity (Wildman–Crippen MR) is 113 cm³/mol. The topological polar surface area (TPSA) is 54.7 Å². The highest BCUT2D eigenvalue weighted by Crippen LogP contribution is 2.22. The van der Waals surface area contributed by atoms with Gasteiger partial charge in [-0.2, -0.15) is 0 Å². The molecule has 1 aromatic heterocycles. The van der Waals surface area contributed by atoms with Gasteiger partial charge in [0.15, 0.2) is 5.76 Å². The Bertz CT molecular complexity index is 767. The second-order valence-corrected chi connectivity index (χ2v) is 7.37. The van der Waals surface area contributed by atoms with Crippen LogP contribution in [0.4, 0.5) is 0 Å². The fraction of sp³-hybridized carbons (Fsp3) is 0.500. The number of rotatable bonds is 7. The Balaban J connectivity index is 0.00000280. The molecule has 0 saturated carbocycles. The van der Waals surface area contributed by atoms with E-state index in [4.69, 9.17) is 9.15 Å². The van der Waals surface area contributed by atoms with Gasteiger partial charge in [-0.05, 0) is 69.5 Å². The summed E-state index contributed by atoms with van der Waals surface area (Å²) in [5.41, 5.74) is 2.30. The zero-order chi connectivity index (χ0) is 19.2. The van der Waals surface area contributed by atoms with Gasteiger partial charge in [0.25, 0.3) is 5.91 Å². The van der Waals surface area contributed by atoms with Crippen molar-refractivity contribution in [3.05, 3.63) is 53.0 Å². The van der Waals surface area contributed by atoms with Crippen molar-refractivity contribution < 1.29 is 13.9 Å². The maximum Gasteiger partial charge on any atom is 0.289 e. The van der Waals surface area contributed by atoms with Gasteiger partial charge in [-0.1, -0.05) is 24.6 Å². The number of aryl methyl sites for hydroxylation is 2. The minimum Gasteiger partial charge on any atom is -0.485 e. The molecule has 154 valence electrons. The Morgan fingerprint density at radius 2 is 1.96 bits per heavy atom. The number of carbonyl (C=O) groups is 1. The lowest BCUT2D eigenvalue weighted by atomic mass is 9.96. The molecule has 2 heterocycles. The molecule has 2 aromatic rings. The normalized spacial score (nSPS) is 14.6. The standard InChI is InChI=1S/C22H30N2O3.ClH/c1-4-23-14-18-9-11-24(12-10-18)22(25)21-8-6-19(27-21)15-26-20-7-5-16(2)13-17(20)3;/h5-8,13,18,23H,4,9-12,14-15H2,1-3H3;1H. The molecular weight excluding hydrogens is 376 g/mol. The molecule has 1 fully saturated rings. The Kier molecular flexibility index (Phi) is 8.39. The van der Waals surface area contributed by atoms with Crippen molar-refractivity contribution in [1.29, 1.82) is 0 Å². The van der Waals surface area contributed by atoms with E-state index in [1.165, 1.54) is 5.56 Å². The molecule has 0 atom stereocenters. The predicted octanol–water partition coefficient (Wildman–Crippen LogP) is 4.36. The Morgan fingerprint density at radius 1 is 1.21 bits per heavy atom. The second kappa shape index (κ2) is 10.5. The number of piperidine rings is 1. The van der Waals surface area contributed by atoms with Crippen molar-refractivity contribution in [2.45, 2.75) is 40.2 Å². The summed E-state index contributed by atoms with van der Waals surface area (Å²) < 4.78 is 11.6. The molecular formula is C22H31ClN2O3. The van der Waals surface area contributed by atoms with Gasteiger partial charge < -0.3 is 19.4 Å². The molecule has 1 N–H and O–H groups in total. The number of furan rings is 1. The van der Waals surface area contributed by atoms with Crippen LogP contribution in [-0.4, -0.2) is 37.0 Å². The molecule has 1 aliphatic heterocycles. The van der Waals surface area contributed by atoms with Gasteiger partial charge in [0.1, 0.15) is 18.1 Å². The molecule has 0 aliphatic carbocycles. The van der Waals surface area contributed by atoms with Crippen molar-refractivity contribution in [3.63, 3.8) is 0 Å². The van der Waals surface area contributed by atoms with Crippen LogP contribution in [0.5, 0.6) is 5.75 Å². The van der Waals surface area contributed by atoms with Gasteiger partial charge in [0, 0.05) is 13.1 Å². The van der Waals surface area contributed by atoms with Crippen LogP contribution < -0.4 is 10.1 Å². The van der Waals surface area contributed by atoms with E-state index in [0.717, 1.165) is 50.3 Å². The zero-order valence-electron chi connectivity index (χ0n) is 17.0. The summed E-state index contributed by atoms with van der Waals surface area (Å²) >= 11 is 0. The molecule has 28 heavy (non-hydrogen) atoms. The molecule has 0 radical (unpaired) electrons. The number of benzene rings is 1. The quantitative estimate of drug-likeness (QED) is 0.742. The number of nitrogens with zero attached hydrogens (tertiary/aromatic N) is 1. The van der Waals surface area contributed by atoms with Crippen molar-refractivity contribution >= 4 is 18.3 Å². The minimum absolute atomic E-state index is 0. The molecule has 1 aromatic carbocycles. The van der Waals surface area contributed by atoms with Crippen molar-refractivity contribution in [2.24, 2.45) is 5.92 Å². The first kappa shape index (κ1) is 22.3. The first-order valence-corrected chi connectivity index (χ1v) is 9.85. The van der Waals surface area contributed by atoms with Crippen LogP contribution >= 0.6 is 12.4 Å². The molecule has 1 amide bonds. The first-order valence-electron chi connectivity index (χ1n) is 9.85. The van der Waals surface area contributed by atoms with E-state index < -0.39 is 0 Å². The summed E-state index contributed by atoms with van der Waals surface area (Å²) in [5.74, 6) is 2.55. The molecule has 6 heteroatoms. The fourth-order valence-corrected chi connectivity index (χ4v) is 3.53. The fourth-order valence-electron chi connectivity index (χ4n) is 3.53. The van der Waals surface area contributed by atoms with Crippen LogP contribution in [-0.2, 0) is 6.61 Å². The summed E-state index contributed by atoms with van der Waals surface area (Å²) in [5, 5.41) is 3.40. The lowest BCUT2D eigenvalue weighted by Gasteiger charge is -2.31. The monoisotopic (exact) mass is 406 g/mol. The number of amides is 1. The van der Waals surface area contributed by atoms with Gasteiger partial charge in [-0.15, -0.1) is 12.4 Å². The third-order valence-electron chi connectivity index (χ3n) is 5.16. The molecule has 3 rings (SSSR count). The highest BCUT2D eigenvalue weighted by molar-refractivity contribution is 5.91. The second-order valence-electron chi connectivity index (χ2n) is 7.37. The maximum absolute atomic E-state index is 12.7. The lowest BCUT2D eigenvalue weighted by Crippen LogP contribution is -2.40. The van der Waals surface area contributed by atoms with Crippen LogP contribution in [0.15, 0.2) is 34.7 Å². The minimum atomic E-state index is -0.0188. The molecule has 5 nitrogen and oxygen atoms in total. The van der Waals surface area contributed by atoms with Crippen LogP contribution in [0.1, 0.15) is 47.2 Å². The van der Waals surface area contributed by atoms with Gasteiger partial charge in [0.2, 0.25) is 0 Å². The summed E-state index contributed by atoms with van der Waals surface area (Å²) in [4.78, 5) is 14.6. The number of hydrogen-bond acceptors (Lipinski definition) is 4. The Morgan fingerprint density at radius 3 is 2.64 bits per heavy atom. The largest absolute Gasteiger partial charge is 0.485 e. The number of nitrogens with one attached hydrogen (secondary N) is 1. The molecule has 0 spiro atoms. The number of ether oxygens (including phenoxy) is 1. The van der Waals surface area contributed by atoms with E-state index in [9.17, 15) is 4.79 Å².